The Morgan fingerprint density at radius 1 is 1.13 bits per heavy atom. The highest BCUT2D eigenvalue weighted by atomic mass is 35.5. The maximum atomic E-state index is 12.9. The van der Waals surface area contributed by atoms with Gasteiger partial charge in [0, 0.05) is 63.2 Å². The zero-order valence-corrected chi connectivity index (χ0v) is 28.2. The molecule has 14 heteroatoms. The van der Waals surface area contributed by atoms with E-state index in [9.17, 15) is 14.5 Å². The quantitative estimate of drug-likeness (QED) is 0.164. The number of anilines is 6. The van der Waals surface area contributed by atoms with E-state index in [0.717, 1.165) is 51.4 Å². The standard InChI is InChI=1S/C32H42ClN8O4P/c1-5-30(43)35-25-18-26(37-32-34-20-23(33)31(38-32)36-24-8-6-7-9-29(24)46(3,4)44)28(45-2)19-27(25)41-11-10-22(21-41)40-14-12-39(13-15-40)16-17-42/h5-9,18-20,22,42H,1,10-17,21H2,2-4H3,(H,35,43)(H2,34,36,37,38). The van der Waals surface area contributed by atoms with Crippen LogP contribution in [0.1, 0.15) is 6.42 Å². The van der Waals surface area contributed by atoms with Crippen LogP contribution < -0.4 is 30.9 Å². The van der Waals surface area contributed by atoms with Crippen molar-refractivity contribution < 1.29 is 19.2 Å². The molecule has 1 atom stereocenters. The van der Waals surface area contributed by atoms with Crippen molar-refractivity contribution in [2.24, 2.45) is 0 Å². The number of piperazine rings is 1. The molecule has 3 heterocycles. The number of ether oxygens (including phenoxy) is 1. The van der Waals surface area contributed by atoms with Crippen LogP contribution in [0.2, 0.25) is 5.02 Å². The topological polar surface area (TPSA) is 135 Å². The molecule has 2 fully saturated rings. The highest BCUT2D eigenvalue weighted by molar-refractivity contribution is 7.70. The van der Waals surface area contributed by atoms with Crippen molar-refractivity contribution in [1.82, 2.24) is 19.8 Å². The first-order valence-electron chi connectivity index (χ1n) is 15.3. The summed E-state index contributed by atoms with van der Waals surface area (Å²) in [6.45, 7) is 13.4. The molecule has 4 N–H and O–H groups in total. The van der Waals surface area contributed by atoms with Crippen molar-refractivity contribution in [1.29, 1.82) is 0 Å². The molecule has 0 radical (unpaired) electrons. The summed E-state index contributed by atoms with van der Waals surface area (Å²) >= 11 is 6.47. The number of carbonyl (C=O) groups excluding carboxylic acids is 1. The zero-order valence-electron chi connectivity index (χ0n) is 26.5. The van der Waals surface area contributed by atoms with Crippen molar-refractivity contribution in [2.45, 2.75) is 12.5 Å². The number of nitrogens with zero attached hydrogens (tertiary/aromatic N) is 5. The van der Waals surface area contributed by atoms with Gasteiger partial charge in [-0.05, 0) is 44.0 Å². The number of nitrogens with one attached hydrogen (secondary N) is 3. The molecule has 246 valence electrons. The fraction of sp³-hybridized carbons (Fsp3) is 0.406. The summed E-state index contributed by atoms with van der Waals surface area (Å²) in [6.07, 6.45) is 3.72. The van der Waals surface area contributed by atoms with Gasteiger partial charge in [-0.2, -0.15) is 4.98 Å². The number of rotatable bonds is 12. The van der Waals surface area contributed by atoms with Gasteiger partial charge in [-0.3, -0.25) is 14.6 Å². The first-order chi connectivity index (χ1) is 22.1. The molecule has 0 spiro atoms. The molecule has 2 aliphatic rings. The summed E-state index contributed by atoms with van der Waals surface area (Å²) in [7, 11) is -0.988. The molecule has 12 nitrogen and oxygen atoms in total. The monoisotopic (exact) mass is 668 g/mol. The molecule has 1 unspecified atom stereocenters. The summed E-state index contributed by atoms with van der Waals surface area (Å²) in [6, 6.07) is 11.5. The third kappa shape index (κ3) is 8.00. The van der Waals surface area contributed by atoms with E-state index < -0.39 is 7.14 Å². The molecule has 0 bridgehead atoms. The van der Waals surface area contributed by atoms with Crippen LogP contribution in [0.15, 0.2) is 55.3 Å². The van der Waals surface area contributed by atoms with E-state index >= 15 is 0 Å². The predicted octanol–water partition coefficient (Wildman–Crippen LogP) is 4.19. The second-order valence-corrected chi connectivity index (χ2v) is 15.4. The Kier molecular flexibility index (Phi) is 10.9. The number of methoxy groups -OCH3 is 1. The minimum Gasteiger partial charge on any atom is -0.494 e. The molecule has 3 aromatic rings. The number of carbonyl (C=O) groups is 1. The summed E-state index contributed by atoms with van der Waals surface area (Å²) < 4.78 is 18.7. The number of aromatic nitrogens is 2. The number of β-amino-alcohol motifs (C(OH)–C–C–N with tert-alkyl or cyclic N) is 1. The lowest BCUT2D eigenvalue weighted by Crippen LogP contribution is -2.51. The maximum absolute atomic E-state index is 12.9. The summed E-state index contributed by atoms with van der Waals surface area (Å²) in [5, 5.41) is 19.7. The molecule has 0 saturated carbocycles. The van der Waals surface area contributed by atoms with Crippen LogP contribution in [0, 0.1) is 0 Å². The number of halogens is 1. The number of para-hydroxylation sites is 1. The molecule has 2 aliphatic heterocycles. The van der Waals surface area contributed by atoms with Gasteiger partial charge in [0.2, 0.25) is 11.9 Å². The normalized spacial score (nSPS) is 17.5. The van der Waals surface area contributed by atoms with Crippen LogP contribution in [-0.2, 0) is 9.36 Å². The second-order valence-electron chi connectivity index (χ2n) is 11.8. The van der Waals surface area contributed by atoms with Crippen LogP contribution in [-0.4, -0.2) is 110 Å². The van der Waals surface area contributed by atoms with Gasteiger partial charge in [-0.1, -0.05) is 30.3 Å². The summed E-state index contributed by atoms with van der Waals surface area (Å²) in [5.41, 5.74) is 2.64. The van der Waals surface area contributed by atoms with Gasteiger partial charge in [0.25, 0.3) is 0 Å². The lowest BCUT2D eigenvalue weighted by molar-refractivity contribution is -0.111. The Morgan fingerprint density at radius 2 is 1.89 bits per heavy atom. The van der Waals surface area contributed by atoms with Crippen molar-refractivity contribution in [3.8, 4) is 5.75 Å². The van der Waals surface area contributed by atoms with E-state index in [1.165, 1.54) is 12.3 Å². The van der Waals surface area contributed by atoms with Crippen molar-refractivity contribution in [2.75, 3.05) is 93.7 Å². The fourth-order valence-corrected chi connectivity index (χ4v) is 7.24. The highest BCUT2D eigenvalue weighted by Crippen LogP contribution is 2.41. The van der Waals surface area contributed by atoms with Crippen LogP contribution in [0.3, 0.4) is 0 Å². The first-order valence-corrected chi connectivity index (χ1v) is 18.3. The molecule has 2 aromatic carbocycles. The number of amides is 1. The Balaban J connectivity index is 1.39. The fourth-order valence-electron chi connectivity index (χ4n) is 5.95. The average Bonchev–Trinajstić information content (AvgIpc) is 3.53. The van der Waals surface area contributed by atoms with Gasteiger partial charge in [0.05, 0.1) is 42.7 Å². The Hall–Kier alpha value is -3.67. The van der Waals surface area contributed by atoms with E-state index in [-0.39, 0.29) is 18.5 Å². The number of hydrogen-bond acceptors (Lipinski definition) is 11. The number of hydrogen-bond donors (Lipinski definition) is 4. The van der Waals surface area contributed by atoms with E-state index in [1.54, 1.807) is 26.5 Å². The largest absolute Gasteiger partial charge is 0.494 e. The molecular formula is C32H42ClN8O4P. The average molecular weight is 669 g/mol. The maximum Gasteiger partial charge on any atom is 0.247 e. The zero-order chi connectivity index (χ0) is 32.8. The van der Waals surface area contributed by atoms with Crippen molar-refractivity contribution in [3.63, 3.8) is 0 Å². The van der Waals surface area contributed by atoms with Gasteiger partial charge in [0.15, 0.2) is 5.82 Å². The van der Waals surface area contributed by atoms with E-state index in [0.29, 0.717) is 51.5 Å². The predicted molar refractivity (Wildman–Crippen MR) is 187 cm³/mol. The van der Waals surface area contributed by atoms with Crippen LogP contribution in [0.25, 0.3) is 0 Å². The van der Waals surface area contributed by atoms with E-state index in [1.807, 2.05) is 30.3 Å². The van der Waals surface area contributed by atoms with Gasteiger partial charge >= 0.3 is 0 Å². The third-order valence-electron chi connectivity index (χ3n) is 8.33. The highest BCUT2D eigenvalue weighted by Gasteiger charge is 2.31. The molecule has 5 rings (SSSR count). The van der Waals surface area contributed by atoms with Crippen molar-refractivity contribution >= 4 is 64.5 Å². The van der Waals surface area contributed by atoms with Gasteiger partial charge in [-0.15, -0.1) is 0 Å². The molecule has 0 aliphatic carbocycles. The second kappa shape index (κ2) is 14.8. The minimum absolute atomic E-state index is 0.182. The molecule has 1 amide bonds. The Labute approximate surface area is 275 Å². The van der Waals surface area contributed by atoms with E-state index in [4.69, 9.17) is 16.3 Å². The van der Waals surface area contributed by atoms with Gasteiger partial charge in [-0.25, -0.2) is 4.98 Å². The van der Waals surface area contributed by atoms with Crippen molar-refractivity contribution in [3.05, 3.63) is 60.3 Å². The third-order valence-corrected chi connectivity index (χ3v) is 10.2. The van der Waals surface area contributed by atoms with Gasteiger partial charge in [0.1, 0.15) is 17.9 Å². The lowest BCUT2D eigenvalue weighted by Gasteiger charge is -2.37. The summed E-state index contributed by atoms with van der Waals surface area (Å²) in [4.78, 5) is 28.6. The van der Waals surface area contributed by atoms with E-state index in [2.05, 4.69) is 47.2 Å². The first kappa shape index (κ1) is 33.7. The Morgan fingerprint density at radius 3 is 2.59 bits per heavy atom. The lowest BCUT2D eigenvalue weighted by atomic mass is 10.1. The number of aliphatic hydroxyl groups is 1. The number of aliphatic hydroxyl groups excluding tert-OH is 1. The Bertz CT molecular complexity index is 1610. The molecule has 46 heavy (non-hydrogen) atoms. The SMILES string of the molecule is C=CC(=O)Nc1cc(Nc2ncc(Cl)c(Nc3ccccc3P(C)(C)=O)n2)c(OC)cc1N1CCC(N2CCN(CCO)CC2)C1. The molecule has 2 saturated heterocycles. The van der Waals surface area contributed by atoms with Gasteiger partial charge < -0.3 is 35.3 Å². The van der Waals surface area contributed by atoms with Crippen LogP contribution in [0.5, 0.6) is 5.75 Å². The smallest absolute Gasteiger partial charge is 0.247 e. The molecular weight excluding hydrogens is 627 g/mol. The van der Waals surface area contributed by atoms with Crippen LogP contribution >= 0.6 is 18.7 Å². The number of benzene rings is 2. The summed E-state index contributed by atoms with van der Waals surface area (Å²) in [5.74, 6) is 0.805. The minimum atomic E-state index is -2.58. The molecule has 1 aromatic heterocycles. The van der Waals surface area contributed by atoms with Crippen LogP contribution in [0.4, 0.5) is 34.5 Å².